The van der Waals surface area contributed by atoms with E-state index in [0.29, 0.717) is 25.4 Å². The molecule has 88 valence electrons. The third-order valence-electron chi connectivity index (χ3n) is 2.47. The monoisotopic (exact) mass is 214 g/mol. The number of aldehydes is 1. The van der Waals surface area contributed by atoms with Crippen molar-refractivity contribution in [2.45, 2.75) is 52.4 Å². The maximum absolute atomic E-state index is 10.9. The maximum atomic E-state index is 10.9. The number of unbranched alkanes of at least 4 members (excludes halogenated alkanes) is 1. The Morgan fingerprint density at radius 2 is 2.07 bits per heavy atom. The minimum atomic E-state index is -0.157. The molecule has 0 fully saturated rings. The third-order valence-corrected chi connectivity index (χ3v) is 2.47. The summed E-state index contributed by atoms with van der Waals surface area (Å²) in [4.78, 5) is 21.3. The van der Waals surface area contributed by atoms with Crippen molar-refractivity contribution in [2.75, 3.05) is 6.61 Å². The van der Waals surface area contributed by atoms with Crippen molar-refractivity contribution in [1.29, 1.82) is 0 Å². The molecular formula is C12H22O3. The Labute approximate surface area is 92.2 Å². The fourth-order valence-corrected chi connectivity index (χ4v) is 1.45. The molecule has 1 atom stereocenters. The molecule has 3 nitrogen and oxygen atoms in total. The summed E-state index contributed by atoms with van der Waals surface area (Å²) >= 11 is 0. The Kier molecular flexibility index (Phi) is 9.13. The predicted molar refractivity (Wildman–Crippen MR) is 59.6 cm³/mol. The Balaban J connectivity index is 3.64. The van der Waals surface area contributed by atoms with Gasteiger partial charge in [0.05, 0.1) is 6.61 Å². The molecule has 1 unspecified atom stereocenters. The largest absolute Gasteiger partial charge is 0.466 e. The van der Waals surface area contributed by atoms with Crippen molar-refractivity contribution in [3.63, 3.8) is 0 Å². The first-order valence-corrected chi connectivity index (χ1v) is 5.83. The number of carbonyl (C=O) groups excluding carboxylic acids is 2. The molecule has 0 bridgehead atoms. The lowest BCUT2D eigenvalue weighted by atomic mass is 9.96. The van der Waals surface area contributed by atoms with Crippen LogP contribution < -0.4 is 0 Å². The van der Waals surface area contributed by atoms with E-state index in [2.05, 4.69) is 6.92 Å². The number of ether oxygens (including phenoxy) is 1. The summed E-state index contributed by atoms with van der Waals surface area (Å²) in [5.74, 6) is 0.224. The van der Waals surface area contributed by atoms with Crippen LogP contribution in [0.2, 0.25) is 0 Å². The molecule has 15 heavy (non-hydrogen) atoms. The molecule has 0 amide bonds. The molecule has 0 aromatic heterocycles. The highest BCUT2D eigenvalue weighted by Crippen LogP contribution is 2.15. The van der Waals surface area contributed by atoms with Crippen molar-refractivity contribution in [2.24, 2.45) is 5.92 Å². The normalized spacial score (nSPS) is 12.1. The smallest absolute Gasteiger partial charge is 0.305 e. The van der Waals surface area contributed by atoms with Gasteiger partial charge in [0.25, 0.3) is 0 Å². The zero-order chi connectivity index (χ0) is 11.5. The second-order valence-corrected chi connectivity index (χ2v) is 3.77. The lowest BCUT2D eigenvalue weighted by molar-refractivity contribution is -0.143. The van der Waals surface area contributed by atoms with Crippen LogP contribution >= 0.6 is 0 Å². The van der Waals surface area contributed by atoms with Gasteiger partial charge in [-0.05, 0) is 18.8 Å². The van der Waals surface area contributed by atoms with E-state index in [-0.39, 0.29) is 5.97 Å². The lowest BCUT2D eigenvalue weighted by Gasteiger charge is -2.13. The van der Waals surface area contributed by atoms with Gasteiger partial charge in [-0.3, -0.25) is 4.79 Å². The van der Waals surface area contributed by atoms with Crippen LogP contribution in [-0.4, -0.2) is 18.9 Å². The highest BCUT2D eigenvalue weighted by Gasteiger charge is 2.08. The van der Waals surface area contributed by atoms with Crippen molar-refractivity contribution in [3.05, 3.63) is 0 Å². The van der Waals surface area contributed by atoms with Gasteiger partial charge in [0, 0.05) is 12.8 Å². The topological polar surface area (TPSA) is 43.4 Å². The first-order valence-electron chi connectivity index (χ1n) is 5.83. The van der Waals surface area contributed by atoms with E-state index in [1.807, 2.05) is 0 Å². The van der Waals surface area contributed by atoms with Crippen LogP contribution in [0.1, 0.15) is 52.4 Å². The summed E-state index contributed by atoms with van der Waals surface area (Å²) in [5, 5.41) is 0. The highest BCUT2D eigenvalue weighted by atomic mass is 16.5. The van der Waals surface area contributed by atoms with Crippen molar-refractivity contribution >= 4 is 12.3 Å². The van der Waals surface area contributed by atoms with Crippen LogP contribution in [0.15, 0.2) is 0 Å². The summed E-state index contributed by atoms with van der Waals surface area (Å²) in [7, 11) is 0. The average molecular weight is 214 g/mol. The van der Waals surface area contributed by atoms with E-state index >= 15 is 0 Å². The summed E-state index contributed by atoms with van der Waals surface area (Å²) < 4.78 is 4.99. The SMILES string of the molecule is CCCCC(CC=O)CCOC(=O)CC. The van der Waals surface area contributed by atoms with Crippen molar-refractivity contribution < 1.29 is 14.3 Å². The van der Waals surface area contributed by atoms with Gasteiger partial charge in [0.15, 0.2) is 0 Å². The third kappa shape index (κ3) is 8.16. The number of esters is 1. The zero-order valence-electron chi connectivity index (χ0n) is 9.83. The Morgan fingerprint density at radius 3 is 2.60 bits per heavy atom. The summed E-state index contributed by atoms with van der Waals surface area (Å²) in [6.45, 7) is 4.37. The van der Waals surface area contributed by atoms with Crippen LogP contribution in [0, 0.1) is 5.92 Å². The number of carbonyl (C=O) groups is 2. The van der Waals surface area contributed by atoms with Crippen LogP contribution in [-0.2, 0) is 14.3 Å². The molecular weight excluding hydrogens is 192 g/mol. The van der Waals surface area contributed by atoms with E-state index in [4.69, 9.17) is 4.74 Å². The van der Waals surface area contributed by atoms with E-state index in [0.717, 1.165) is 32.0 Å². The number of hydrogen-bond acceptors (Lipinski definition) is 3. The summed E-state index contributed by atoms with van der Waals surface area (Å²) in [6.07, 6.45) is 6.12. The predicted octanol–water partition coefficient (Wildman–Crippen LogP) is 2.73. The van der Waals surface area contributed by atoms with Gasteiger partial charge in [-0.1, -0.05) is 26.7 Å². The van der Waals surface area contributed by atoms with Gasteiger partial charge in [-0.15, -0.1) is 0 Å². The van der Waals surface area contributed by atoms with Crippen LogP contribution in [0.4, 0.5) is 0 Å². The van der Waals surface area contributed by atoms with E-state index in [9.17, 15) is 9.59 Å². The minimum absolute atomic E-state index is 0.157. The summed E-state index contributed by atoms with van der Waals surface area (Å²) in [6, 6.07) is 0. The van der Waals surface area contributed by atoms with Gasteiger partial charge in [0.1, 0.15) is 6.29 Å². The van der Waals surface area contributed by atoms with E-state index in [1.54, 1.807) is 6.92 Å². The first kappa shape index (κ1) is 14.1. The van der Waals surface area contributed by atoms with Gasteiger partial charge in [0.2, 0.25) is 0 Å². The molecule has 0 aromatic carbocycles. The molecule has 0 saturated heterocycles. The van der Waals surface area contributed by atoms with Gasteiger partial charge in [-0.2, -0.15) is 0 Å². The maximum Gasteiger partial charge on any atom is 0.305 e. The molecule has 0 aliphatic rings. The lowest BCUT2D eigenvalue weighted by Crippen LogP contribution is -2.10. The second-order valence-electron chi connectivity index (χ2n) is 3.77. The van der Waals surface area contributed by atoms with Crippen LogP contribution in [0.3, 0.4) is 0 Å². The molecule has 0 spiro atoms. The molecule has 0 heterocycles. The minimum Gasteiger partial charge on any atom is -0.466 e. The van der Waals surface area contributed by atoms with Crippen LogP contribution in [0.25, 0.3) is 0 Å². The average Bonchev–Trinajstić information content (AvgIpc) is 2.25. The van der Waals surface area contributed by atoms with E-state index < -0.39 is 0 Å². The number of hydrogen-bond donors (Lipinski definition) is 0. The molecule has 0 aliphatic heterocycles. The van der Waals surface area contributed by atoms with Gasteiger partial charge in [-0.25, -0.2) is 0 Å². The van der Waals surface area contributed by atoms with E-state index in [1.165, 1.54) is 0 Å². The molecule has 0 aromatic rings. The quantitative estimate of drug-likeness (QED) is 0.438. The van der Waals surface area contributed by atoms with Crippen molar-refractivity contribution in [3.8, 4) is 0 Å². The molecule has 3 heteroatoms. The standard InChI is InChI=1S/C12H22O3/c1-3-5-6-11(7-9-13)8-10-15-12(14)4-2/h9,11H,3-8,10H2,1-2H3. The van der Waals surface area contributed by atoms with Gasteiger partial charge < -0.3 is 9.53 Å². The van der Waals surface area contributed by atoms with Crippen molar-refractivity contribution in [1.82, 2.24) is 0 Å². The first-order chi connectivity index (χ1) is 7.24. The fraction of sp³-hybridized carbons (Fsp3) is 0.833. The van der Waals surface area contributed by atoms with Gasteiger partial charge >= 0.3 is 5.97 Å². The van der Waals surface area contributed by atoms with Crippen LogP contribution in [0.5, 0.6) is 0 Å². The fourth-order valence-electron chi connectivity index (χ4n) is 1.45. The Bertz CT molecular complexity index is 178. The molecule has 0 saturated carbocycles. The highest BCUT2D eigenvalue weighted by molar-refractivity contribution is 5.68. The zero-order valence-corrected chi connectivity index (χ0v) is 9.83. The summed E-state index contributed by atoms with van der Waals surface area (Å²) in [5.41, 5.74) is 0. The second kappa shape index (κ2) is 9.69. The Hall–Kier alpha value is -0.860. The molecule has 0 aliphatic carbocycles. The number of rotatable bonds is 9. The molecule has 0 N–H and O–H groups in total. The molecule has 0 radical (unpaired) electrons. The Morgan fingerprint density at radius 1 is 1.33 bits per heavy atom. The molecule has 0 rings (SSSR count).